The van der Waals surface area contributed by atoms with Gasteiger partial charge in [0.25, 0.3) is 0 Å². The molecule has 5 saturated heterocycles. The molecule has 0 spiro atoms. The zero-order valence-electron chi connectivity index (χ0n) is 50.8. The summed E-state index contributed by atoms with van der Waals surface area (Å²) in [5, 5.41) is 23.4. The van der Waals surface area contributed by atoms with E-state index in [1.807, 2.05) is 41.5 Å². The first-order valence-corrected chi connectivity index (χ1v) is 30.2. The van der Waals surface area contributed by atoms with Crippen molar-refractivity contribution in [3.63, 3.8) is 0 Å². The lowest BCUT2D eigenvalue weighted by atomic mass is 9.45. The lowest BCUT2D eigenvalue weighted by Crippen LogP contribution is -2.66. The molecular weight excluding hydrogens is 1050 g/mol. The first-order chi connectivity index (χ1) is 38.5. The number of hydrogen-bond donors (Lipinski definition) is 2. The highest BCUT2D eigenvalue weighted by Crippen LogP contribution is 2.69. The quantitative estimate of drug-likeness (QED) is 0.0819. The second kappa shape index (κ2) is 26.1. The second-order valence-corrected chi connectivity index (χ2v) is 25.4. The van der Waals surface area contributed by atoms with Gasteiger partial charge in [0.05, 0.1) is 72.7 Å². The lowest BCUT2D eigenvalue weighted by molar-refractivity contribution is -0.352. The van der Waals surface area contributed by atoms with E-state index in [1.165, 1.54) is 5.57 Å². The Morgan fingerprint density at radius 1 is 0.580 bits per heavy atom. The molecule has 5 aliphatic heterocycles. The van der Waals surface area contributed by atoms with Crippen LogP contribution in [0.1, 0.15) is 146 Å². The van der Waals surface area contributed by atoms with E-state index in [9.17, 15) is 19.8 Å². The molecule has 28 atom stereocenters. The molecule has 0 amide bonds. The Morgan fingerprint density at radius 2 is 1.00 bits per heavy atom. The van der Waals surface area contributed by atoms with Gasteiger partial charge in [-0.1, -0.05) is 31.6 Å². The van der Waals surface area contributed by atoms with E-state index in [-0.39, 0.29) is 53.4 Å². The number of fused-ring (bicyclic) bond motifs is 5. The van der Waals surface area contributed by atoms with Crippen LogP contribution in [0.2, 0.25) is 0 Å². The first-order valence-electron chi connectivity index (χ1n) is 30.2. The minimum Gasteiger partial charge on any atom is -0.458 e. The number of ketones is 1. The van der Waals surface area contributed by atoms with Crippen molar-refractivity contribution in [2.45, 2.75) is 287 Å². The number of carbonyl (C=O) groups is 2. The molecule has 20 heteroatoms. The molecule has 0 aromatic rings. The first kappa shape index (κ1) is 63.4. The normalized spacial score (nSPS) is 49.5. The van der Waals surface area contributed by atoms with Gasteiger partial charge >= 0.3 is 5.97 Å². The van der Waals surface area contributed by atoms with Crippen LogP contribution in [-0.2, 0) is 85.4 Å². The molecule has 18 unspecified atom stereocenters. The summed E-state index contributed by atoms with van der Waals surface area (Å²) >= 11 is 0. The van der Waals surface area contributed by atoms with Crippen LogP contribution in [0.25, 0.3) is 0 Å². The summed E-state index contributed by atoms with van der Waals surface area (Å²) in [4.78, 5) is 26.6. The van der Waals surface area contributed by atoms with Crippen LogP contribution >= 0.6 is 0 Å². The Balaban J connectivity index is 0.763. The molecule has 8 fully saturated rings. The van der Waals surface area contributed by atoms with E-state index in [1.54, 1.807) is 62.4 Å². The van der Waals surface area contributed by atoms with Gasteiger partial charge in [-0.05, 0) is 118 Å². The summed E-state index contributed by atoms with van der Waals surface area (Å²) in [6, 6.07) is 0. The van der Waals surface area contributed by atoms with Crippen molar-refractivity contribution in [1.82, 2.24) is 0 Å². The van der Waals surface area contributed by atoms with Crippen LogP contribution in [0.5, 0.6) is 0 Å². The van der Waals surface area contributed by atoms with E-state index >= 15 is 0 Å². The molecule has 2 N–H and O–H groups in total. The molecule has 462 valence electrons. The fraction of sp³-hybridized carbons (Fsp3) is 0.902. The average molecular weight is 1150 g/mol. The van der Waals surface area contributed by atoms with E-state index in [0.29, 0.717) is 63.4 Å². The zero-order chi connectivity index (χ0) is 58.5. The number of methoxy groups -OCH3 is 5. The zero-order valence-corrected chi connectivity index (χ0v) is 50.8. The summed E-state index contributed by atoms with van der Waals surface area (Å²) in [6.07, 6.45) is 0.391. The molecule has 0 radical (unpaired) electrons. The van der Waals surface area contributed by atoms with Gasteiger partial charge < -0.3 is 86.0 Å². The lowest BCUT2D eigenvalue weighted by Gasteiger charge is -2.63. The second-order valence-electron chi connectivity index (χ2n) is 25.4. The van der Waals surface area contributed by atoms with Crippen molar-refractivity contribution in [2.24, 2.45) is 28.6 Å². The maximum absolute atomic E-state index is 13.4. The van der Waals surface area contributed by atoms with Gasteiger partial charge in [0.1, 0.15) is 42.4 Å². The number of rotatable bonds is 18. The molecule has 9 rings (SSSR count). The number of aliphatic hydroxyl groups is 2. The summed E-state index contributed by atoms with van der Waals surface area (Å²) < 4.78 is 101. The van der Waals surface area contributed by atoms with Gasteiger partial charge in [0.15, 0.2) is 31.5 Å². The molecule has 5 heterocycles. The number of Topliss-reactive ketones (excluding diaryl/α,β-unsaturated/α-hetero) is 1. The van der Waals surface area contributed by atoms with Crippen LogP contribution < -0.4 is 0 Å². The topological polar surface area (TPSA) is 222 Å². The summed E-state index contributed by atoms with van der Waals surface area (Å²) in [5.74, 6) is -0.746. The Hall–Kier alpha value is -2.06. The van der Waals surface area contributed by atoms with Gasteiger partial charge in [-0.2, -0.15) is 0 Å². The third-order valence-electron chi connectivity index (χ3n) is 21.0. The predicted octanol–water partition coefficient (Wildman–Crippen LogP) is 6.79. The minimum absolute atomic E-state index is 0.0391. The number of allylic oxidation sites excluding steroid dienone is 2. The van der Waals surface area contributed by atoms with Gasteiger partial charge in [-0.25, -0.2) is 4.79 Å². The largest absolute Gasteiger partial charge is 0.458 e. The van der Waals surface area contributed by atoms with Gasteiger partial charge in [-0.3, -0.25) is 4.79 Å². The third-order valence-corrected chi connectivity index (χ3v) is 21.0. The van der Waals surface area contributed by atoms with Crippen LogP contribution in [-0.4, -0.2) is 198 Å². The molecule has 0 bridgehead atoms. The highest BCUT2D eigenvalue weighted by Gasteiger charge is 2.71. The van der Waals surface area contributed by atoms with Gasteiger partial charge in [0, 0.05) is 84.6 Å². The number of ether oxygens (including phenoxy) is 16. The molecule has 20 nitrogen and oxygen atoms in total. The summed E-state index contributed by atoms with van der Waals surface area (Å²) in [7, 11) is 8.22. The Morgan fingerprint density at radius 3 is 1.42 bits per heavy atom. The summed E-state index contributed by atoms with van der Waals surface area (Å²) in [6.45, 7) is 19.1. The maximum Gasteiger partial charge on any atom is 0.333 e. The van der Waals surface area contributed by atoms with Crippen molar-refractivity contribution >= 4 is 11.8 Å². The molecule has 3 saturated carbocycles. The summed E-state index contributed by atoms with van der Waals surface area (Å²) in [5.41, 5.74) is -0.462. The van der Waals surface area contributed by atoms with Crippen LogP contribution in [0, 0.1) is 28.6 Å². The van der Waals surface area contributed by atoms with Crippen LogP contribution in [0.4, 0.5) is 0 Å². The van der Waals surface area contributed by atoms with Crippen LogP contribution in [0.15, 0.2) is 23.3 Å². The van der Waals surface area contributed by atoms with E-state index in [2.05, 4.69) is 13.0 Å². The highest BCUT2D eigenvalue weighted by molar-refractivity contribution is 5.88. The SMILES string of the molecule is C/C=C(\C)C(=O)OC1CC2C(CC=C3CC(O[C@H]4CC(OC)[C@@H](O[C@H]5CC(OC)[C@@H](O[C@H]6CC(OC)[C@@H](O[C@H]7CC(OC)[C@@H](O[C@H]8CC(OC)[C@@H](O)C(C)O8)C(C)O7)C(C)O6)C(C)O5)C(C)O4)CCC32C)C2(O)CCC(C(C)=O)C12C. The number of aliphatic hydroxyl groups excluding tert-OH is 1. The van der Waals surface area contributed by atoms with Crippen molar-refractivity contribution in [1.29, 1.82) is 0 Å². The minimum atomic E-state index is -1.16. The van der Waals surface area contributed by atoms with E-state index in [0.717, 1.165) is 19.3 Å². The predicted molar refractivity (Wildman–Crippen MR) is 291 cm³/mol. The molecule has 9 aliphatic rings. The molecule has 0 aromatic heterocycles. The monoisotopic (exact) mass is 1150 g/mol. The van der Waals surface area contributed by atoms with E-state index in [4.69, 9.17) is 75.8 Å². The van der Waals surface area contributed by atoms with Crippen molar-refractivity contribution in [3.05, 3.63) is 23.3 Å². The van der Waals surface area contributed by atoms with Gasteiger partial charge in [-0.15, -0.1) is 0 Å². The Bertz CT molecular complexity index is 2200. The fourth-order valence-corrected chi connectivity index (χ4v) is 16.1. The molecule has 81 heavy (non-hydrogen) atoms. The molecule has 0 aromatic carbocycles. The third kappa shape index (κ3) is 12.5. The Labute approximate surface area is 480 Å². The number of carbonyl (C=O) groups excluding carboxylic acids is 2. The fourth-order valence-electron chi connectivity index (χ4n) is 16.1. The van der Waals surface area contributed by atoms with Crippen molar-refractivity contribution < 1.29 is 95.6 Å². The van der Waals surface area contributed by atoms with Crippen molar-refractivity contribution in [3.8, 4) is 0 Å². The molecule has 4 aliphatic carbocycles. The maximum atomic E-state index is 13.4. The van der Waals surface area contributed by atoms with Gasteiger partial charge in [0.2, 0.25) is 0 Å². The molecular formula is C61H98O20. The highest BCUT2D eigenvalue weighted by atomic mass is 16.8. The standard InChI is InChI=1S/C61H98O20/c1-16-30(2)58(64)77-47-24-41-40(61(65)22-20-39(31(3)62)60(47,61)10)18-17-37-23-38(19-21-59(37,41)9)76-48-26-43(67-12)54(33(5)72-48)79-50-28-45(69-14)56(35(7)74-50)81-52-29-46(70-15)57(36(8)75-52)80-51-27-44(68-13)55(34(6)73-51)78-49-25-42(66-11)53(63)32(4)71-49/h16-17,32-36,38-57,63,65H,18-29H2,1-15H3/b30-16+/t32?,33?,34?,35?,36?,38?,39?,40?,41?,42?,43?,44?,45?,46?,47?,48-,49-,50-,51-,52-,53-,54-,55-,56-,57-,59?,60?,61?/m0/s1. The number of esters is 1. The van der Waals surface area contributed by atoms with E-state index < -0.39 is 128 Å². The smallest absolute Gasteiger partial charge is 0.333 e. The Kier molecular flexibility index (Phi) is 20.4. The van der Waals surface area contributed by atoms with Crippen molar-refractivity contribution in [2.75, 3.05) is 35.5 Å². The van der Waals surface area contributed by atoms with Crippen LogP contribution in [0.3, 0.4) is 0 Å². The average Bonchev–Trinajstić information content (AvgIpc) is 2.06. The number of hydrogen-bond acceptors (Lipinski definition) is 20.